The van der Waals surface area contributed by atoms with Gasteiger partial charge in [-0.1, -0.05) is 0 Å². The first-order valence-electron chi connectivity index (χ1n) is 16.3. The number of carbonyl (C=O) groups is 14. The second-order valence-electron chi connectivity index (χ2n) is 10.7. The summed E-state index contributed by atoms with van der Waals surface area (Å²) in [5.74, 6) is -14.2. The molecule has 24 nitrogen and oxygen atoms in total. The highest BCUT2D eigenvalue weighted by Crippen LogP contribution is 2.05. The summed E-state index contributed by atoms with van der Waals surface area (Å²) in [7, 11) is 0. The van der Waals surface area contributed by atoms with Gasteiger partial charge in [0.1, 0.15) is 0 Å². The quantitative estimate of drug-likeness (QED) is 0.0321. The van der Waals surface area contributed by atoms with Crippen molar-refractivity contribution in [2.75, 3.05) is 0 Å². The van der Waals surface area contributed by atoms with E-state index in [9.17, 15) is 67.1 Å². The van der Waals surface area contributed by atoms with Crippen molar-refractivity contribution in [1.82, 2.24) is 0 Å². The molecule has 0 aromatic rings. The van der Waals surface area contributed by atoms with Crippen LogP contribution in [0.5, 0.6) is 0 Å². The molecule has 0 aliphatic heterocycles. The monoisotopic (exact) mass is 810 g/mol. The zero-order valence-corrected chi connectivity index (χ0v) is 29.8. The van der Waals surface area contributed by atoms with Crippen LogP contribution in [0.15, 0.2) is 0 Å². The van der Waals surface area contributed by atoms with Crippen molar-refractivity contribution in [3.8, 4) is 0 Å². The van der Waals surface area contributed by atoms with Crippen molar-refractivity contribution >= 4 is 83.6 Å². The number of esters is 8. The highest BCUT2D eigenvalue weighted by molar-refractivity contribution is 5.90. The Morgan fingerprint density at radius 2 is 0.375 bits per heavy atom. The maximum atomic E-state index is 11.2. The van der Waals surface area contributed by atoms with Crippen LogP contribution in [0.1, 0.15) is 116 Å². The largest absolute Gasteiger partial charge is 0.481 e. The first-order chi connectivity index (χ1) is 26.0. The third kappa shape index (κ3) is 43.5. The fourth-order valence-corrected chi connectivity index (χ4v) is 3.06. The molecule has 0 fully saturated rings. The number of aliphatic carboxylic acids is 6. The van der Waals surface area contributed by atoms with E-state index in [0.29, 0.717) is 12.8 Å². The Balaban J connectivity index is -0.000000810. The number of unbranched alkanes of at least 4 members (excludes halogenated alkanes) is 1. The van der Waals surface area contributed by atoms with Crippen molar-refractivity contribution in [2.45, 2.75) is 116 Å². The summed E-state index contributed by atoms with van der Waals surface area (Å²) >= 11 is 0. The summed E-state index contributed by atoms with van der Waals surface area (Å²) in [6.07, 6.45) is -3.87. The van der Waals surface area contributed by atoms with Crippen LogP contribution in [0.3, 0.4) is 0 Å². The van der Waals surface area contributed by atoms with E-state index in [4.69, 9.17) is 30.6 Å². The summed E-state index contributed by atoms with van der Waals surface area (Å²) in [5.41, 5.74) is 0. The third-order valence-corrected chi connectivity index (χ3v) is 5.64. The number of carboxylic acids is 6. The van der Waals surface area contributed by atoms with Crippen LogP contribution < -0.4 is 0 Å². The van der Waals surface area contributed by atoms with E-state index in [1.54, 1.807) is 0 Å². The van der Waals surface area contributed by atoms with Crippen LogP contribution in [-0.2, 0) is 86.1 Å². The molecule has 6 N–H and O–H groups in total. The highest BCUT2D eigenvalue weighted by atomic mass is 16.6. The Morgan fingerprint density at radius 3 is 0.536 bits per heavy atom. The molecular formula is C32H42O24. The number of carbonyl (C=O) groups excluding carboxylic acids is 8. The minimum Gasteiger partial charge on any atom is -0.481 e. The van der Waals surface area contributed by atoms with Gasteiger partial charge in [0.05, 0.1) is 51.4 Å². The van der Waals surface area contributed by atoms with Gasteiger partial charge in [0.25, 0.3) is 0 Å². The van der Waals surface area contributed by atoms with E-state index in [2.05, 4.69) is 18.9 Å². The lowest BCUT2D eigenvalue weighted by atomic mass is 10.2. The lowest BCUT2D eigenvalue weighted by Gasteiger charge is -2.03. The fraction of sp³-hybridized carbons (Fsp3) is 0.562. The molecule has 0 bridgehead atoms. The molecule has 0 spiro atoms. The standard InChI is InChI=1S/2C13H16O10.C6H10O4/c2*14-8(15)4-6-12(20)22-10(18)2-1-3-11(19)23-13(21)7-5-9(16)17;7-5(8)3-1-2-4-6(9)10/h2*1-7H2,(H,14,15)(H,16,17);1-4H2,(H,7,8)(H,9,10). The molecule has 56 heavy (non-hydrogen) atoms. The fourth-order valence-electron chi connectivity index (χ4n) is 3.06. The predicted molar refractivity (Wildman–Crippen MR) is 173 cm³/mol. The Labute approximate surface area is 316 Å². The van der Waals surface area contributed by atoms with Crippen LogP contribution in [0.25, 0.3) is 0 Å². The van der Waals surface area contributed by atoms with E-state index >= 15 is 0 Å². The SMILES string of the molecule is O=C(O)CCC(=O)OC(=O)CCCC(=O)OC(=O)CCC(=O)O.O=C(O)CCC(=O)OC(=O)CCCC(=O)OC(=O)CCC(=O)O.O=C(O)CCCCC(=O)O. The molecule has 0 unspecified atom stereocenters. The molecular weight excluding hydrogens is 768 g/mol. The zero-order chi connectivity index (χ0) is 43.6. The summed E-state index contributed by atoms with van der Waals surface area (Å²) < 4.78 is 17.2. The summed E-state index contributed by atoms with van der Waals surface area (Å²) in [6.45, 7) is 0. The summed E-state index contributed by atoms with van der Waals surface area (Å²) in [6, 6.07) is 0. The molecule has 0 rings (SSSR count). The lowest BCUT2D eigenvalue weighted by molar-refractivity contribution is -0.163. The minimum atomic E-state index is -1.20. The van der Waals surface area contributed by atoms with Crippen molar-refractivity contribution in [3.05, 3.63) is 0 Å². The highest BCUT2D eigenvalue weighted by Gasteiger charge is 2.17. The first kappa shape index (κ1) is 53.7. The van der Waals surface area contributed by atoms with Crippen molar-refractivity contribution in [2.24, 2.45) is 0 Å². The molecule has 0 aliphatic carbocycles. The predicted octanol–water partition coefficient (Wildman–Crippen LogP) is 0.768. The molecule has 0 saturated heterocycles. The van der Waals surface area contributed by atoms with Gasteiger partial charge < -0.3 is 49.6 Å². The van der Waals surface area contributed by atoms with Crippen molar-refractivity contribution < 1.29 is 117 Å². The molecule has 0 radical (unpaired) electrons. The van der Waals surface area contributed by atoms with Gasteiger partial charge in [-0.05, 0) is 25.7 Å². The van der Waals surface area contributed by atoms with Crippen LogP contribution in [-0.4, -0.2) is 114 Å². The average molecular weight is 811 g/mol. The van der Waals surface area contributed by atoms with Crippen LogP contribution in [0.2, 0.25) is 0 Å². The Kier molecular flexibility index (Phi) is 31.6. The second kappa shape index (κ2) is 33.0. The Morgan fingerprint density at radius 1 is 0.214 bits per heavy atom. The summed E-state index contributed by atoms with van der Waals surface area (Å²) in [5, 5.41) is 49.6. The smallest absolute Gasteiger partial charge is 0.314 e. The van der Waals surface area contributed by atoms with E-state index in [1.807, 2.05) is 0 Å². The molecule has 0 aromatic heterocycles. The lowest BCUT2D eigenvalue weighted by Crippen LogP contribution is -2.15. The second-order valence-corrected chi connectivity index (χ2v) is 10.7. The van der Waals surface area contributed by atoms with Gasteiger partial charge in [-0.15, -0.1) is 0 Å². The number of hydrogen-bond donors (Lipinski definition) is 6. The third-order valence-electron chi connectivity index (χ3n) is 5.64. The first-order valence-corrected chi connectivity index (χ1v) is 16.3. The topological polar surface area (TPSA) is 397 Å². The molecule has 314 valence electrons. The number of ether oxygens (including phenoxy) is 4. The van der Waals surface area contributed by atoms with Gasteiger partial charge in [0.2, 0.25) is 0 Å². The van der Waals surface area contributed by atoms with Crippen LogP contribution in [0, 0.1) is 0 Å². The van der Waals surface area contributed by atoms with Gasteiger partial charge >= 0.3 is 83.6 Å². The van der Waals surface area contributed by atoms with Gasteiger partial charge in [-0.25, -0.2) is 0 Å². The number of hydrogen-bond acceptors (Lipinski definition) is 18. The molecule has 0 saturated carbocycles. The normalized spacial score (nSPS) is 9.64. The molecule has 0 atom stereocenters. The van der Waals surface area contributed by atoms with Gasteiger partial charge in [0.15, 0.2) is 0 Å². The van der Waals surface area contributed by atoms with Crippen LogP contribution in [0.4, 0.5) is 0 Å². The number of rotatable bonds is 25. The van der Waals surface area contributed by atoms with E-state index < -0.39 is 135 Å². The zero-order valence-electron chi connectivity index (χ0n) is 29.8. The average Bonchev–Trinajstić information content (AvgIpc) is 3.06. The molecule has 24 heteroatoms. The van der Waals surface area contributed by atoms with Crippen LogP contribution >= 0.6 is 0 Å². The van der Waals surface area contributed by atoms with Crippen molar-refractivity contribution in [3.63, 3.8) is 0 Å². The maximum Gasteiger partial charge on any atom is 0.314 e. The van der Waals surface area contributed by atoms with E-state index in [0.717, 1.165) is 0 Å². The molecule has 0 aromatic carbocycles. The summed E-state index contributed by atoms with van der Waals surface area (Å²) in [4.78, 5) is 150. The van der Waals surface area contributed by atoms with E-state index in [1.165, 1.54) is 0 Å². The van der Waals surface area contributed by atoms with Gasteiger partial charge in [-0.2, -0.15) is 0 Å². The number of carboxylic acid groups (broad SMARTS) is 6. The van der Waals surface area contributed by atoms with Gasteiger partial charge in [0, 0.05) is 38.5 Å². The Hall–Kier alpha value is -6.62. The molecule has 0 amide bonds. The maximum absolute atomic E-state index is 11.2. The molecule has 0 heterocycles. The molecule has 0 aliphatic rings. The van der Waals surface area contributed by atoms with Gasteiger partial charge in [-0.3, -0.25) is 67.1 Å². The van der Waals surface area contributed by atoms with E-state index in [-0.39, 0.29) is 51.4 Å². The Bertz CT molecular complexity index is 1230. The van der Waals surface area contributed by atoms with Crippen molar-refractivity contribution in [1.29, 1.82) is 0 Å². The minimum absolute atomic E-state index is 0.0455.